The fourth-order valence-electron chi connectivity index (χ4n) is 1.27. The van der Waals surface area contributed by atoms with Crippen LogP contribution in [0.3, 0.4) is 0 Å². The first-order valence-corrected chi connectivity index (χ1v) is 3.82. The minimum atomic E-state index is 0.186. The van der Waals surface area contributed by atoms with Crippen LogP contribution < -0.4 is 5.32 Å². The number of piperazine rings is 1. The van der Waals surface area contributed by atoms with Gasteiger partial charge in [0, 0.05) is 19.6 Å². The lowest BCUT2D eigenvalue weighted by molar-refractivity contribution is -0.111. The molecule has 1 atom stereocenters. The van der Waals surface area contributed by atoms with Crippen LogP contribution in [0.4, 0.5) is 0 Å². The predicted octanol–water partition coefficient (Wildman–Crippen LogP) is -1.06. The van der Waals surface area contributed by atoms with Gasteiger partial charge in [-0.25, -0.2) is 0 Å². The molecule has 0 aromatic carbocycles. The molecule has 1 N–H and O–H groups in total. The summed E-state index contributed by atoms with van der Waals surface area (Å²) in [6.07, 6.45) is 0.951. The zero-order chi connectivity index (χ0) is 8.27. The number of likely N-dealkylation sites (N-methyl/N-ethyl adjacent to an activating group) is 2. The van der Waals surface area contributed by atoms with Gasteiger partial charge in [0.15, 0.2) is 0 Å². The van der Waals surface area contributed by atoms with Crippen LogP contribution in [0, 0.1) is 0 Å². The summed E-state index contributed by atoms with van der Waals surface area (Å²) in [5.74, 6) is 0. The van der Waals surface area contributed by atoms with Crippen molar-refractivity contribution >= 4 is 6.41 Å². The second-order valence-electron chi connectivity index (χ2n) is 3.04. The molecule has 11 heavy (non-hydrogen) atoms. The molecule has 1 saturated heterocycles. The van der Waals surface area contributed by atoms with Gasteiger partial charge in [0.2, 0.25) is 6.41 Å². The summed E-state index contributed by atoms with van der Waals surface area (Å²) in [7, 11) is 4.08. The van der Waals surface area contributed by atoms with Crippen molar-refractivity contribution in [1.82, 2.24) is 15.1 Å². The Balaban J connectivity index is 2.40. The Morgan fingerprint density at radius 2 is 2.18 bits per heavy atom. The first kappa shape index (κ1) is 8.49. The van der Waals surface area contributed by atoms with Gasteiger partial charge in [-0.2, -0.15) is 0 Å². The number of hydrogen-bond acceptors (Lipinski definition) is 3. The molecule has 0 bridgehead atoms. The summed E-state index contributed by atoms with van der Waals surface area (Å²) in [4.78, 5) is 14.5. The van der Waals surface area contributed by atoms with Crippen LogP contribution >= 0.6 is 0 Å². The molecule has 4 nitrogen and oxygen atoms in total. The van der Waals surface area contributed by atoms with E-state index >= 15 is 0 Å². The Kier molecular flexibility index (Phi) is 2.84. The SMILES string of the molecule is CN1CCN(C)C(NC=O)C1. The molecule has 1 heterocycles. The van der Waals surface area contributed by atoms with Gasteiger partial charge in [-0.3, -0.25) is 9.69 Å². The maximum Gasteiger partial charge on any atom is 0.208 e. The van der Waals surface area contributed by atoms with Crippen LogP contribution in [0.5, 0.6) is 0 Å². The minimum absolute atomic E-state index is 0.186. The molecule has 1 rings (SSSR count). The third kappa shape index (κ3) is 2.17. The molecular formula is C7H15N3O. The summed E-state index contributed by atoms with van der Waals surface area (Å²) in [5.41, 5.74) is 0. The average molecular weight is 157 g/mol. The average Bonchev–Trinajstić information content (AvgIpc) is 1.98. The Bertz CT molecular complexity index is 140. The van der Waals surface area contributed by atoms with Gasteiger partial charge in [-0.15, -0.1) is 0 Å². The summed E-state index contributed by atoms with van der Waals surface area (Å²) < 4.78 is 0. The van der Waals surface area contributed by atoms with Crippen LogP contribution in [0.2, 0.25) is 0 Å². The lowest BCUT2D eigenvalue weighted by Gasteiger charge is -2.36. The quantitative estimate of drug-likeness (QED) is 0.519. The normalized spacial score (nSPS) is 28.4. The fourth-order valence-corrected chi connectivity index (χ4v) is 1.27. The van der Waals surface area contributed by atoms with E-state index in [4.69, 9.17) is 0 Å². The third-order valence-electron chi connectivity index (χ3n) is 2.11. The van der Waals surface area contributed by atoms with E-state index in [1.165, 1.54) is 0 Å². The molecule has 1 amide bonds. The maximum atomic E-state index is 10.2. The zero-order valence-electron chi connectivity index (χ0n) is 7.08. The first-order chi connectivity index (χ1) is 5.24. The van der Waals surface area contributed by atoms with E-state index in [-0.39, 0.29) is 6.17 Å². The molecule has 4 heteroatoms. The van der Waals surface area contributed by atoms with Gasteiger partial charge < -0.3 is 10.2 Å². The number of hydrogen-bond donors (Lipinski definition) is 1. The number of amides is 1. The van der Waals surface area contributed by atoms with E-state index in [1.807, 2.05) is 7.05 Å². The van der Waals surface area contributed by atoms with Gasteiger partial charge >= 0.3 is 0 Å². The highest BCUT2D eigenvalue weighted by atomic mass is 16.1. The number of nitrogens with one attached hydrogen (secondary N) is 1. The van der Waals surface area contributed by atoms with Crippen molar-refractivity contribution in [2.24, 2.45) is 0 Å². The van der Waals surface area contributed by atoms with Gasteiger partial charge in [-0.1, -0.05) is 0 Å². The van der Waals surface area contributed by atoms with E-state index in [0.29, 0.717) is 0 Å². The van der Waals surface area contributed by atoms with Gasteiger partial charge in [0.05, 0.1) is 6.17 Å². The van der Waals surface area contributed by atoms with E-state index in [2.05, 4.69) is 22.2 Å². The smallest absolute Gasteiger partial charge is 0.208 e. The summed E-state index contributed by atoms with van der Waals surface area (Å²) in [6, 6.07) is 0. The van der Waals surface area contributed by atoms with Crippen LogP contribution in [-0.2, 0) is 4.79 Å². The molecule has 0 saturated carbocycles. The Morgan fingerprint density at radius 3 is 2.82 bits per heavy atom. The maximum absolute atomic E-state index is 10.2. The first-order valence-electron chi connectivity index (χ1n) is 3.82. The highest BCUT2D eigenvalue weighted by Crippen LogP contribution is 2.01. The van der Waals surface area contributed by atoms with Crippen molar-refractivity contribution in [2.45, 2.75) is 6.17 Å². The van der Waals surface area contributed by atoms with Gasteiger partial charge in [-0.05, 0) is 14.1 Å². The van der Waals surface area contributed by atoms with E-state index in [9.17, 15) is 4.79 Å². The van der Waals surface area contributed by atoms with E-state index < -0.39 is 0 Å². The van der Waals surface area contributed by atoms with Crippen molar-refractivity contribution < 1.29 is 4.79 Å². The monoisotopic (exact) mass is 157 g/mol. The van der Waals surface area contributed by atoms with Crippen molar-refractivity contribution in [3.8, 4) is 0 Å². The highest BCUT2D eigenvalue weighted by Gasteiger charge is 2.20. The molecule has 1 fully saturated rings. The van der Waals surface area contributed by atoms with Gasteiger partial charge in [0.1, 0.15) is 0 Å². The van der Waals surface area contributed by atoms with Crippen molar-refractivity contribution in [3.63, 3.8) is 0 Å². The zero-order valence-corrected chi connectivity index (χ0v) is 7.08. The molecule has 64 valence electrons. The largest absolute Gasteiger partial charge is 0.342 e. The van der Waals surface area contributed by atoms with Crippen LogP contribution in [0.1, 0.15) is 0 Å². The van der Waals surface area contributed by atoms with Crippen LogP contribution in [-0.4, -0.2) is 56.1 Å². The molecule has 0 aromatic heterocycles. The van der Waals surface area contributed by atoms with E-state index in [1.54, 1.807) is 0 Å². The fraction of sp³-hybridized carbons (Fsp3) is 0.857. The van der Waals surface area contributed by atoms with Crippen LogP contribution in [0.25, 0.3) is 0 Å². The van der Waals surface area contributed by atoms with Gasteiger partial charge in [0.25, 0.3) is 0 Å². The van der Waals surface area contributed by atoms with Crippen molar-refractivity contribution in [2.75, 3.05) is 33.7 Å². The number of carbonyl (C=O) groups excluding carboxylic acids is 1. The molecule has 0 radical (unpaired) electrons. The second-order valence-corrected chi connectivity index (χ2v) is 3.04. The molecule has 0 aliphatic carbocycles. The second kappa shape index (κ2) is 3.69. The molecule has 1 aliphatic heterocycles. The minimum Gasteiger partial charge on any atom is -0.342 e. The third-order valence-corrected chi connectivity index (χ3v) is 2.11. The Hall–Kier alpha value is -0.610. The summed E-state index contributed by atoms with van der Waals surface area (Å²) in [6.45, 7) is 3.00. The standard InChI is InChI=1S/C7H15N3O/c1-9-3-4-10(2)7(5-9)8-6-11/h6-7H,3-5H2,1-2H3,(H,8,11). The van der Waals surface area contributed by atoms with Crippen molar-refractivity contribution in [1.29, 1.82) is 0 Å². The lowest BCUT2D eigenvalue weighted by Crippen LogP contribution is -2.56. The van der Waals surface area contributed by atoms with Crippen molar-refractivity contribution in [3.05, 3.63) is 0 Å². The lowest BCUT2D eigenvalue weighted by atomic mass is 10.3. The van der Waals surface area contributed by atoms with Crippen LogP contribution in [0.15, 0.2) is 0 Å². The summed E-state index contributed by atoms with van der Waals surface area (Å²) >= 11 is 0. The Morgan fingerprint density at radius 1 is 1.45 bits per heavy atom. The molecule has 0 aromatic rings. The predicted molar refractivity (Wildman–Crippen MR) is 43.1 cm³/mol. The Labute approximate surface area is 67.2 Å². The highest BCUT2D eigenvalue weighted by molar-refractivity contribution is 5.46. The number of rotatable bonds is 2. The summed E-state index contributed by atoms with van der Waals surface area (Å²) in [5, 5.41) is 2.77. The molecule has 1 unspecified atom stereocenters. The van der Waals surface area contributed by atoms with E-state index in [0.717, 1.165) is 26.0 Å². The molecule has 0 spiro atoms. The number of nitrogens with zero attached hydrogens (tertiary/aromatic N) is 2. The molecule has 1 aliphatic rings. The number of carbonyl (C=O) groups is 1. The topological polar surface area (TPSA) is 35.6 Å². The molecular weight excluding hydrogens is 142 g/mol.